The number of hydrogen-bond donors (Lipinski definition) is 2. The quantitative estimate of drug-likeness (QED) is 0.848. The monoisotopic (exact) mass is 230 g/mol. The van der Waals surface area contributed by atoms with Crippen LogP contribution >= 0.6 is 0 Å². The highest BCUT2D eigenvalue weighted by Crippen LogP contribution is 2.23. The largest absolute Gasteiger partial charge is 0.395 e. The summed E-state index contributed by atoms with van der Waals surface area (Å²) in [5, 5.41) is 10.6. The predicted octanol–water partition coefficient (Wildman–Crippen LogP) is 2.12. The molecule has 2 N–H and O–H groups in total. The van der Waals surface area contributed by atoms with E-state index in [-0.39, 0.29) is 6.61 Å². The lowest BCUT2D eigenvalue weighted by molar-refractivity contribution is 0.154. The van der Waals surface area contributed by atoms with Crippen molar-refractivity contribution in [3.8, 4) is 0 Å². The van der Waals surface area contributed by atoms with Gasteiger partial charge >= 0.3 is 0 Å². The Labute approximate surface area is 101 Å². The Kier molecular flexibility index (Phi) is 2.87. The molecular formula is C14H18N2O. The second kappa shape index (κ2) is 4.51. The highest BCUT2D eigenvalue weighted by molar-refractivity contribution is 5.82. The number of aliphatic hydroxyl groups is 1. The molecule has 3 rings (SSSR count). The first kappa shape index (κ1) is 10.8. The van der Waals surface area contributed by atoms with Gasteiger partial charge in [0.1, 0.15) is 0 Å². The third-order valence-electron chi connectivity index (χ3n) is 3.77. The van der Waals surface area contributed by atoms with Gasteiger partial charge in [0, 0.05) is 29.7 Å². The van der Waals surface area contributed by atoms with Crippen molar-refractivity contribution >= 4 is 10.9 Å². The lowest BCUT2D eigenvalue weighted by Crippen LogP contribution is -2.31. The third-order valence-corrected chi connectivity index (χ3v) is 3.77. The molecule has 0 radical (unpaired) electrons. The smallest absolute Gasteiger partial charge is 0.0587 e. The standard InChI is InChI=1S/C14H18N2O/c17-10-12-4-2-8-16(12)9-11-3-1-5-14-13(11)6-7-15-14/h1,3,5-7,12,15,17H,2,4,8-10H2/t12-/m1/s1. The van der Waals surface area contributed by atoms with Crippen LogP contribution in [0.25, 0.3) is 10.9 Å². The van der Waals surface area contributed by atoms with Gasteiger partial charge in [-0.2, -0.15) is 0 Å². The van der Waals surface area contributed by atoms with Crippen LogP contribution in [-0.2, 0) is 6.54 Å². The first-order valence-electron chi connectivity index (χ1n) is 6.28. The molecular weight excluding hydrogens is 212 g/mol. The maximum Gasteiger partial charge on any atom is 0.0587 e. The van der Waals surface area contributed by atoms with Crippen LogP contribution in [0.15, 0.2) is 30.5 Å². The lowest BCUT2D eigenvalue weighted by atomic mass is 10.1. The van der Waals surface area contributed by atoms with Gasteiger partial charge in [0.15, 0.2) is 0 Å². The summed E-state index contributed by atoms with van der Waals surface area (Å²) in [7, 11) is 0. The van der Waals surface area contributed by atoms with Gasteiger partial charge in [0.05, 0.1) is 6.61 Å². The molecule has 0 saturated carbocycles. The van der Waals surface area contributed by atoms with Gasteiger partial charge < -0.3 is 10.1 Å². The predicted molar refractivity (Wildman–Crippen MR) is 68.8 cm³/mol. The molecule has 17 heavy (non-hydrogen) atoms. The fourth-order valence-corrected chi connectivity index (χ4v) is 2.82. The average Bonchev–Trinajstić information content (AvgIpc) is 2.97. The van der Waals surface area contributed by atoms with Crippen molar-refractivity contribution in [2.75, 3.05) is 13.2 Å². The summed E-state index contributed by atoms with van der Waals surface area (Å²) < 4.78 is 0. The number of nitrogens with zero attached hydrogens (tertiary/aromatic N) is 1. The Morgan fingerprint density at radius 1 is 1.35 bits per heavy atom. The number of fused-ring (bicyclic) bond motifs is 1. The minimum absolute atomic E-state index is 0.281. The minimum Gasteiger partial charge on any atom is -0.395 e. The lowest BCUT2D eigenvalue weighted by Gasteiger charge is -2.22. The molecule has 3 nitrogen and oxygen atoms in total. The van der Waals surface area contributed by atoms with E-state index in [1.165, 1.54) is 22.9 Å². The van der Waals surface area contributed by atoms with Crippen LogP contribution in [-0.4, -0.2) is 34.2 Å². The zero-order chi connectivity index (χ0) is 11.7. The normalized spacial score (nSPS) is 21.4. The summed E-state index contributed by atoms with van der Waals surface area (Å²) in [6.07, 6.45) is 4.32. The number of rotatable bonds is 3. The summed E-state index contributed by atoms with van der Waals surface area (Å²) >= 11 is 0. The molecule has 0 amide bonds. The van der Waals surface area contributed by atoms with E-state index in [0.717, 1.165) is 19.5 Å². The van der Waals surface area contributed by atoms with E-state index in [1.54, 1.807) is 0 Å². The number of likely N-dealkylation sites (tertiary alicyclic amines) is 1. The van der Waals surface area contributed by atoms with E-state index in [0.29, 0.717) is 6.04 Å². The third kappa shape index (κ3) is 1.96. The van der Waals surface area contributed by atoms with Crippen LogP contribution in [0.1, 0.15) is 18.4 Å². The molecule has 1 saturated heterocycles. The van der Waals surface area contributed by atoms with Gasteiger partial charge in [0.2, 0.25) is 0 Å². The fourth-order valence-electron chi connectivity index (χ4n) is 2.82. The minimum atomic E-state index is 0.281. The zero-order valence-electron chi connectivity index (χ0n) is 9.89. The summed E-state index contributed by atoms with van der Waals surface area (Å²) in [4.78, 5) is 5.63. The Morgan fingerprint density at radius 3 is 3.18 bits per heavy atom. The van der Waals surface area contributed by atoms with E-state index in [2.05, 4.69) is 34.1 Å². The molecule has 2 aromatic rings. The summed E-state index contributed by atoms with van der Waals surface area (Å²) in [6, 6.07) is 8.87. The van der Waals surface area contributed by atoms with Crippen LogP contribution in [0.4, 0.5) is 0 Å². The Morgan fingerprint density at radius 2 is 2.29 bits per heavy atom. The van der Waals surface area contributed by atoms with Crippen LogP contribution < -0.4 is 0 Å². The number of aromatic nitrogens is 1. The average molecular weight is 230 g/mol. The highest BCUT2D eigenvalue weighted by atomic mass is 16.3. The van der Waals surface area contributed by atoms with E-state index >= 15 is 0 Å². The van der Waals surface area contributed by atoms with Gasteiger partial charge in [0.25, 0.3) is 0 Å². The number of benzene rings is 1. The zero-order valence-corrected chi connectivity index (χ0v) is 9.89. The number of aliphatic hydroxyl groups excluding tert-OH is 1. The Hall–Kier alpha value is -1.32. The number of hydrogen-bond acceptors (Lipinski definition) is 2. The molecule has 0 spiro atoms. The van der Waals surface area contributed by atoms with Crippen molar-refractivity contribution in [2.45, 2.75) is 25.4 Å². The molecule has 2 heterocycles. The fraction of sp³-hybridized carbons (Fsp3) is 0.429. The molecule has 3 heteroatoms. The van der Waals surface area contributed by atoms with Gasteiger partial charge in [-0.3, -0.25) is 4.90 Å². The summed E-state index contributed by atoms with van der Waals surface area (Å²) in [5.74, 6) is 0. The van der Waals surface area contributed by atoms with Gasteiger partial charge in [-0.25, -0.2) is 0 Å². The first-order valence-corrected chi connectivity index (χ1v) is 6.28. The van der Waals surface area contributed by atoms with Crippen molar-refractivity contribution in [1.82, 2.24) is 9.88 Å². The van der Waals surface area contributed by atoms with Gasteiger partial charge in [-0.15, -0.1) is 0 Å². The molecule has 0 unspecified atom stereocenters. The second-order valence-corrected chi connectivity index (χ2v) is 4.81. The molecule has 1 atom stereocenters. The number of aromatic amines is 1. The molecule has 0 aliphatic carbocycles. The van der Waals surface area contributed by atoms with Crippen molar-refractivity contribution in [3.05, 3.63) is 36.0 Å². The molecule has 0 bridgehead atoms. The van der Waals surface area contributed by atoms with Crippen molar-refractivity contribution in [3.63, 3.8) is 0 Å². The highest BCUT2D eigenvalue weighted by Gasteiger charge is 2.23. The first-order chi connectivity index (χ1) is 8.38. The van der Waals surface area contributed by atoms with E-state index in [9.17, 15) is 5.11 Å². The van der Waals surface area contributed by atoms with Crippen molar-refractivity contribution in [1.29, 1.82) is 0 Å². The topological polar surface area (TPSA) is 39.3 Å². The maximum atomic E-state index is 9.34. The number of nitrogens with one attached hydrogen (secondary N) is 1. The molecule has 1 fully saturated rings. The number of H-pyrrole nitrogens is 1. The van der Waals surface area contributed by atoms with Crippen LogP contribution in [0.3, 0.4) is 0 Å². The van der Waals surface area contributed by atoms with Crippen LogP contribution in [0, 0.1) is 0 Å². The Bertz CT molecular complexity index is 506. The summed E-state index contributed by atoms with van der Waals surface area (Å²) in [5.41, 5.74) is 2.55. The van der Waals surface area contributed by atoms with Crippen molar-refractivity contribution < 1.29 is 5.11 Å². The molecule has 1 aliphatic rings. The van der Waals surface area contributed by atoms with E-state index in [4.69, 9.17) is 0 Å². The van der Waals surface area contributed by atoms with Crippen LogP contribution in [0.2, 0.25) is 0 Å². The molecule has 90 valence electrons. The van der Waals surface area contributed by atoms with Crippen LogP contribution in [0.5, 0.6) is 0 Å². The van der Waals surface area contributed by atoms with Gasteiger partial charge in [-0.1, -0.05) is 12.1 Å². The van der Waals surface area contributed by atoms with E-state index < -0.39 is 0 Å². The Balaban J connectivity index is 1.87. The molecule has 1 aromatic heterocycles. The summed E-state index contributed by atoms with van der Waals surface area (Å²) in [6.45, 7) is 2.33. The second-order valence-electron chi connectivity index (χ2n) is 4.81. The SMILES string of the molecule is OC[C@H]1CCCN1Cc1cccc2[nH]ccc12. The van der Waals surface area contributed by atoms with E-state index in [1.807, 2.05) is 6.20 Å². The van der Waals surface area contributed by atoms with Gasteiger partial charge in [-0.05, 0) is 37.1 Å². The molecule has 1 aliphatic heterocycles. The molecule has 1 aromatic carbocycles. The maximum absolute atomic E-state index is 9.34. The van der Waals surface area contributed by atoms with Crippen molar-refractivity contribution in [2.24, 2.45) is 0 Å².